The van der Waals surface area contributed by atoms with Gasteiger partial charge >= 0.3 is 6.03 Å². The molecular formula is C35H38N5O5P. The molecule has 0 bridgehead atoms. The molecule has 2 amide bonds. The number of aromatic nitrogens is 3. The molecule has 11 heteroatoms. The fourth-order valence-electron chi connectivity index (χ4n) is 4.88. The minimum Gasteiger partial charge on any atom is -0.457 e. The summed E-state index contributed by atoms with van der Waals surface area (Å²) in [5, 5.41) is 13.1. The first kappa shape index (κ1) is 32.6. The maximum atomic E-state index is 13.4. The second kappa shape index (κ2) is 13.3. The molecule has 0 unspecified atom stereocenters. The maximum absolute atomic E-state index is 13.4. The highest BCUT2D eigenvalue weighted by Gasteiger charge is 2.22. The minimum atomic E-state index is -2.42. The highest BCUT2D eigenvalue weighted by Crippen LogP contribution is 2.36. The number of ketones is 1. The summed E-state index contributed by atoms with van der Waals surface area (Å²) in [6.45, 7) is 9.66. The van der Waals surface area contributed by atoms with Crippen molar-refractivity contribution in [3.8, 4) is 17.2 Å². The van der Waals surface area contributed by atoms with E-state index in [1.54, 1.807) is 48.5 Å². The number of Topliss-reactive ketones (excluding diaryl/α,β-unsaturated/α-hetero) is 1. The Kier molecular flexibility index (Phi) is 9.42. The summed E-state index contributed by atoms with van der Waals surface area (Å²) >= 11 is 0. The van der Waals surface area contributed by atoms with Crippen LogP contribution in [0.5, 0.6) is 11.5 Å². The van der Waals surface area contributed by atoms with Crippen molar-refractivity contribution in [2.24, 2.45) is 0 Å². The van der Waals surface area contributed by atoms with Gasteiger partial charge in [-0.05, 0) is 55.8 Å². The molecule has 5 aromatic rings. The topological polar surface area (TPSA) is 124 Å². The van der Waals surface area contributed by atoms with E-state index in [0.717, 1.165) is 27.5 Å². The standard InChI is InChI=1S/C35H38N5O5P/c1-35(2,3)32-21-33(40(39-32)24-11-13-27(14-12-24)46(5,6)43)38-34(42)37-30-15-16-31(29-10-8-7-9-28(29)30)45-26-17-18-36-23(20-26)19-25(41)22-44-4/h7-18,20-21H,19,22H2,1-6H3,(H2,37,38,42). The third-order valence-electron chi connectivity index (χ3n) is 7.27. The third-order valence-corrected chi connectivity index (χ3v) is 8.81. The smallest absolute Gasteiger partial charge is 0.324 e. The lowest BCUT2D eigenvalue weighted by Crippen LogP contribution is -2.21. The molecule has 2 heterocycles. The van der Waals surface area contributed by atoms with Gasteiger partial charge in [0.1, 0.15) is 31.1 Å². The van der Waals surface area contributed by atoms with Crippen molar-refractivity contribution in [2.75, 3.05) is 37.7 Å². The van der Waals surface area contributed by atoms with E-state index >= 15 is 0 Å². The number of amides is 2. The Bertz CT molecular complexity index is 1940. The van der Waals surface area contributed by atoms with Crippen molar-refractivity contribution in [1.82, 2.24) is 14.8 Å². The molecular weight excluding hydrogens is 601 g/mol. The molecule has 0 spiro atoms. The van der Waals surface area contributed by atoms with E-state index in [4.69, 9.17) is 14.6 Å². The first-order valence-electron chi connectivity index (χ1n) is 14.8. The number of benzene rings is 3. The first-order valence-corrected chi connectivity index (χ1v) is 17.4. The Morgan fingerprint density at radius 2 is 1.63 bits per heavy atom. The van der Waals surface area contributed by atoms with Crippen molar-refractivity contribution in [3.05, 3.63) is 96.4 Å². The van der Waals surface area contributed by atoms with E-state index in [0.29, 0.717) is 28.7 Å². The zero-order valence-electron chi connectivity index (χ0n) is 26.8. The summed E-state index contributed by atoms with van der Waals surface area (Å²) in [5.41, 5.74) is 2.45. The Hall–Kier alpha value is -4.79. The number of pyridine rings is 1. The van der Waals surface area contributed by atoms with Crippen LogP contribution in [-0.2, 0) is 25.9 Å². The molecule has 5 rings (SSSR count). The second-order valence-corrected chi connectivity index (χ2v) is 15.6. The van der Waals surface area contributed by atoms with Gasteiger partial charge in [-0.15, -0.1) is 0 Å². The van der Waals surface area contributed by atoms with Gasteiger partial charge in [0.25, 0.3) is 0 Å². The summed E-state index contributed by atoms with van der Waals surface area (Å²) in [6.07, 6.45) is 1.74. The highest BCUT2D eigenvalue weighted by molar-refractivity contribution is 7.70. The fraction of sp³-hybridized carbons (Fsp3) is 0.257. The van der Waals surface area contributed by atoms with Gasteiger partial charge in [-0.2, -0.15) is 5.10 Å². The average Bonchev–Trinajstić information content (AvgIpc) is 3.43. The lowest BCUT2D eigenvalue weighted by Gasteiger charge is -2.15. The Balaban J connectivity index is 1.39. The number of hydrogen-bond acceptors (Lipinski definition) is 7. The van der Waals surface area contributed by atoms with Crippen LogP contribution in [0.15, 0.2) is 85.1 Å². The number of nitrogens with one attached hydrogen (secondary N) is 2. The van der Waals surface area contributed by atoms with Gasteiger partial charge in [0.05, 0.1) is 29.2 Å². The Labute approximate surface area is 268 Å². The van der Waals surface area contributed by atoms with E-state index < -0.39 is 13.2 Å². The van der Waals surface area contributed by atoms with Crippen molar-refractivity contribution >= 4 is 46.5 Å². The van der Waals surface area contributed by atoms with Crippen LogP contribution < -0.4 is 20.7 Å². The molecule has 10 nitrogen and oxygen atoms in total. The molecule has 0 radical (unpaired) electrons. The molecule has 2 aromatic heterocycles. The quantitative estimate of drug-likeness (QED) is 0.155. The van der Waals surface area contributed by atoms with Gasteiger partial charge in [-0.25, -0.2) is 9.48 Å². The van der Waals surface area contributed by atoms with Crippen molar-refractivity contribution in [3.63, 3.8) is 0 Å². The number of urea groups is 1. The largest absolute Gasteiger partial charge is 0.457 e. The van der Waals surface area contributed by atoms with Gasteiger partial charge < -0.3 is 19.4 Å². The number of fused-ring (bicyclic) bond motifs is 1. The van der Waals surface area contributed by atoms with Gasteiger partial charge in [-0.3, -0.25) is 15.1 Å². The van der Waals surface area contributed by atoms with Crippen LogP contribution >= 0.6 is 7.14 Å². The lowest BCUT2D eigenvalue weighted by atomic mass is 9.92. The number of methoxy groups -OCH3 is 1. The van der Waals surface area contributed by atoms with Crippen LogP contribution in [0.1, 0.15) is 32.2 Å². The summed E-state index contributed by atoms with van der Waals surface area (Å²) in [4.78, 5) is 29.7. The first-order chi connectivity index (χ1) is 21.8. The maximum Gasteiger partial charge on any atom is 0.324 e. The number of ether oxygens (including phenoxy) is 2. The number of nitrogens with zero attached hydrogens (tertiary/aromatic N) is 3. The Morgan fingerprint density at radius 1 is 0.913 bits per heavy atom. The van der Waals surface area contributed by atoms with Crippen LogP contribution in [0, 0.1) is 0 Å². The molecule has 0 aliphatic heterocycles. The zero-order chi connectivity index (χ0) is 33.1. The zero-order valence-corrected chi connectivity index (χ0v) is 27.7. The summed E-state index contributed by atoms with van der Waals surface area (Å²) in [5.74, 6) is 1.54. The number of anilines is 2. The number of hydrogen-bond donors (Lipinski definition) is 2. The predicted molar refractivity (Wildman–Crippen MR) is 183 cm³/mol. The van der Waals surface area contributed by atoms with Crippen molar-refractivity contribution < 1.29 is 23.6 Å². The van der Waals surface area contributed by atoms with E-state index in [-0.39, 0.29) is 24.2 Å². The summed E-state index contributed by atoms with van der Waals surface area (Å²) in [7, 11) is -0.935. The Morgan fingerprint density at radius 3 is 2.30 bits per heavy atom. The molecule has 0 saturated carbocycles. The van der Waals surface area contributed by atoms with Crippen LogP contribution in [0.2, 0.25) is 0 Å². The molecule has 2 N–H and O–H groups in total. The number of carbonyl (C=O) groups is 2. The summed E-state index contributed by atoms with van der Waals surface area (Å²) < 4.78 is 25.4. The van der Waals surface area contributed by atoms with Gasteiger partial charge in [0.2, 0.25) is 0 Å². The van der Waals surface area contributed by atoms with E-state index in [1.165, 1.54) is 7.11 Å². The van der Waals surface area contributed by atoms with Crippen LogP contribution in [0.3, 0.4) is 0 Å². The third kappa shape index (κ3) is 7.70. The van der Waals surface area contributed by atoms with Crippen molar-refractivity contribution in [2.45, 2.75) is 32.6 Å². The summed E-state index contributed by atoms with van der Waals surface area (Å²) in [6, 6.07) is 23.4. The van der Waals surface area contributed by atoms with Crippen LogP contribution in [0.25, 0.3) is 16.5 Å². The molecule has 46 heavy (non-hydrogen) atoms. The minimum absolute atomic E-state index is 0.0225. The van der Waals surface area contributed by atoms with E-state index in [9.17, 15) is 14.2 Å². The second-order valence-electron chi connectivity index (χ2n) is 12.4. The fourth-order valence-corrected chi connectivity index (χ4v) is 5.75. The van der Waals surface area contributed by atoms with E-state index in [2.05, 4.69) is 36.4 Å². The lowest BCUT2D eigenvalue weighted by molar-refractivity contribution is -0.122. The molecule has 0 fully saturated rings. The van der Waals surface area contributed by atoms with Crippen LogP contribution in [0.4, 0.5) is 16.3 Å². The molecule has 238 valence electrons. The normalized spacial score (nSPS) is 11.8. The molecule has 0 aliphatic carbocycles. The van der Waals surface area contributed by atoms with Gasteiger partial charge in [-0.1, -0.05) is 45.0 Å². The predicted octanol–water partition coefficient (Wildman–Crippen LogP) is 7.16. The number of rotatable bonds is 10. The molecule has 0 atom stereocenters. The van der Waals surface area contributed by atoms with Gasteiger partial charge in [0, 0.05) is 46.9 Å². The van der Waals surface area contributed by atoms with E-state index in [1.807, 2.05) is 54.6 Å². The average molecular weight is 640 g/mol. The van der Waals surface area contributed by atoms with Crippen molar-refractivity contribution in [1.29, 1.82) is 0 Å². The highest BCUT2D eigenvalue weighted by atomic mass is 31.2. The molecule has 3 aromatic carbocycles. The molecule has 0 aliphatic rings. The van der Waals surface area contributed by atoms with Crippen LogP contribution in [-0.4, -0.2) is 53.6 Å². The number of carbonyl (C=O) groups excluding carboxylic acids is 2. The SMILES string of the molecule is COCC(=O)Cc1cc(Oc2ccc(NC(=O)Nc3cc(C(C)(C)C)nn3-c3ccc(P(C)(C)=O)cc3)c3ccccc23)ccn1. The van der Waals surface area contributed by atoms with Gasteiger partial charge in [0.15, 0.2) is 5.78 Å². The monoisotopic (exact) mass is 639 g/mol. The molecule has 0 saturated heterocycles.